The second kappa shape index (κ2) is 6.39. The summed E-state index contributed by atoms with van der Waals surface area (Å²) in [5.41, 5.74) is 1.04. The predicted molar refractivity (Wildman–Crippen MR) is 88.4 cm³/mol. The van der Waals surface area contributed by atoms with Crippen LogP contribution in [0.2, 0.25) is 0 Å². The van der Waals surface area contributed by atoms with E-state index in [-0.39, 0.29) is 11.4 Å². The lowest BCUT2D eigenvalue weighted by atomic mass is 9.78. The summed E-state index contributed by atoms with van der Waals surface area (Å²) in [5.74, 6) is 1.88. The van der Waals surface area contributed by atoms with Gasteiger partial charge in [0.1, 0.15) is 5.82 Å². The van der Waals surface area contributed by atoms with Crippen molar-refractivity contribution in [3.8, 4) is 0 Å². The molecule has 1 aliphatic heterocycles. The lowest BCUT2D eigenvalue weighted by molar-refractivity contribution is 0.251. The van der Waals surface area contributed by atoms with Gasteiger partial charge >= 0.3 is 0 Å². The zero-order valence-electron chi connectivity index (χ0n) is 12.6. The van der Waals surface area contributed by atoms with E-state index in [0.717, 1.165) is 22.4 Å². The van der Waals surface area contributed by atoms with E-state index in [1.54, 1.807) is 6.07 Å². The maximum absolute atomic E-state index is 13.5. The number of amidine groups is 1. The molecule has 1 aromatic carbocycles. The molecule has 1 saturated heterocycles. The third kappa shape index (κ3) is 3.60. The number of aliphatic imine (C=N–C) groups is 1. The smallest absolute Gasteiger partial charge is 0.157 e. The summed E-state index contributed by atoms with van der Waals surface area (Å²) in [6.07, 6.45) is 5.82. The Balaban J connectivity index is 1.53. The lowest BCUT2D eigenvalue weighted by Gasteiger charge is -2.35. The van der Waals surface area contributed by atoms with E-state index in [1.165, 1.54) is 31.7 Å². The summed E-state index contributed by atoms with van der Waals surface area (Å²) in [5, 5.41) is 4.70. The molecule has 0 radical (unpaired) electrons. The van der Waals surface area contributed by atoms with Crippen LogP contribution in [0.5, 0.6) is 0 Å². The van der Waals surface area contributed by atoms with Gasteiger partial charge in [-0.3, -0.25) is 4.99 Å². The molecule has 0 aromatic heterocycles. The molecule has 0 amide bonds. The highest BCUT2D eigenvalue weighted by Crippen LogP contribution is 2.38. The van der Waals surface area contributed by atoms with Gasteiger partial charge in [-0.15, -0.1) is 0 Å². The van der Waals surface area contributed by atoms with Gasteiger partial charge in [0.15, 0.2) is 5.17 Å². The van der Waals surface area contributed by atoms with Crippen LogP contribution in [0.1, 0.15) is 38.2 Å². The molecule has 3 rings (SSSR count). The van der Waals surface area contributed by atoms with Crippen molar-refractivity contribution in [1.29, 1.82) is 0 Å². The molecule has 4 heteroatoms. The number of nitrogens with one attached hydrogen (secondary N) is 1. The van der Waals surface area contributed by atoms with Gasteiger partial charge in [-0.1, -0.05) is 36.9 Å². The highest BCUT2D eigenvalue weighted by Gasteiger charge is 2.39. The van der Waals surface area contributed by atoms with Gasteiger partial charge in [0, 0.05) is 17.8 Å². The van der Waals surface area contributed by atoms with Crippen molar-refractivity contribution in [2.24, 2.45) is 10.9 Å². The Morgan fingerprint density at radius 3 is 2.86 bits per heavy atom. The summed E-state index contributed by atoms with van der Waals surface area (Å²) in [7, 11) is 0. The van der Waals surface area contributed by atoms with Crippen molar-refractivity contribution in [2.45, 2.75) is 44.6 Å². The molecule has 21 heavy (non-hydrogen) atoms. The second-order valence-electron chi connectivity index (χ2n) is 6.40. The Kier molecular flexibility index (Phi) is 4.53. The summed E-state index contributed by atoms with van der Waals surface area (Å²) >= 11 is 1.83. The van der Waals surface area contributed by atoms with Gasteiger partial charge < -0.3 is 5.32 Å². The molecule has 114 valence electrons. The predicted octanol–water partition coefficient (Wildman–Crippen LogP) is 4.01. The van der Waals surface area contributed by atoms with E-state index in [0.29, 0.717) is 13.0 Å². The van der Waals surface area contributed by atoms with E-state index >= 15 is 0 Å². The molecule has 0 bridgehead atoms. The van der Waals surface area contributed by atoms with Gasteiger partial charge in [0.2, 0.25) is 0 Å². The van der Waals surface area contributed by atoms with Crippen LogP contribution in [0, 0.1) is 11.7 Å². The third-order valence-corrected chi connectivity index (χ3v) is 5.88. The minimum Gasteiger partial charge on any atom is -0.359 e. The number of hydrogen-bond acceptors (Lipinski definition) is 2. The highest BCUT2D eigenvalue weighted by atomic mass is 32.2. The molecule has 2 aliphatic rings. The van der Waals surface area contributed by atoms with Crippen LogP contribution in [-0.4, -0.2) is 23.0 Å². The third-order valence-electron chi connectivity index (χ3n) is 4.68. The van der Waals surface area contributed by atoms with Crippen LogP contribution in [-0.2, 0) is 6.42 Å². The fraction of sp³-hybridized carbons (Fsp3) is 0.588. The standard InChI is InChI=1S/C17H23FN2S/c1-13-6-9-17(10-7-13)12-21-16(20-17)19-11-8-14-4-2-3-5-15(14)18/h2-5,13H,6-12H2,1H3,(H,19,20). The average molecular weight is 306 g/mol. The first-order valence-corrected chi connectivity index (χ1v) is 8.84. The SMILES string of the molecule is CC1CCC2(CC1)CSC(=NCCc1ccccc1F)N2. The molecule has 1 N–H and O–H groups in total. The van der Waals surface area contributed by atoms with Gasteiger partial charge in [-0.25, -0.2) is 4.39 Å². The van der Waals surface area contributed by atoms with Gasteiger partial charge in [-0.05, 0) is 49.7 Å². The van der Waals surface area contributed by atoms with Crippen molar-refractivity contribution in [1.82, 2.24) is 5.32 Å². The van der Waals surface area contributed by atoms with Crippen LogP contribution < -0.4 is 5.32 Å². The van der Waals surface area contributed by atoms with Crippen LogP contribution >= 0.6 is 11.8 Å². The fourth-order valence-corrected chi connectivity index (χ4v) is 4.40. The van der Waals surface area contributed by atoms with Crippen molar-refractivity contribution in [2.75, 3.05) is 12.3 Å². The number of thioether (sulfide) groups is 1. The Bertz CT molecular complexity index is 521. The maximum atomic E-state index is 13.5. The Hall–Kier alpha value is -1.03. The molecule has 2 nitrogen and oxygen atoms in total. The number of rotatable bonds is 3. The van der Waals surface area contributed by atoms with Crippen molar-refractivity contribution in [3.05, 3.63) is 35.6 Å². The average Bonchev–Trinajstić information content (AvgIpc) is 2.88. The number of nitrogens with zero attached hydrogens (tertiary/aromatic N) is 1. The molecule has 1 heterocycles. The first-order valence-electron chi connectivity index (χ1n) is 7.86. The first-order chi connectivity index (χ1) is 10.2. The molecule has 1 aliphatic carbocycles. The molecular weight excluding hydrogens is 283 g/mol. The number of benzene rings is 1. The zero-order chi connectivity index (χ0) is 14.7. The monoisotopic (exact) mass is 306 g/mol. The Morgan fingerprint density at radius 1 is 1.33 bits per heavy atom. The van der Waals surface area contributed by atoms with Gasteiger partial charge in [0.25, 0.3) is 0 Å². The lowest BCUT2D eigenvalue weighted by Crippen LogP contribution is -2.46. The normalized spacial score (nSPS) is 30.8. The molecule has 0 atom stereocenters. The minimum absolute atomic E-state index is 0.123. The molecule has 1 aromatic rings. The van der Waals surface area contributed by atoms with Crippen molar-refractivity contribution < 1.29 is 4.39 Å². The van der Waals surface area contributed by atoms with Crippen LogP contribution in [0.4, 0.5) is 4.39 Å². The second-order valence-corrected chi connectivity index (χ2v) is 7.37. The van der Waals surface area contributed by atoms with Gasteiger partial charge in [0.05, 0.1) is 0 Å². The molecule has 1 saturated carbocycles. The molecule has 0 unspecified atom stereocenters. The van der Waals surface area contributed by atoms with E-state index in [9.17, 15) is 4.39 Å². The van der Waals surface area contributed by atoms with Gasteiger partial charge in [-0.2, -0.15) is 0 Å². The number of hydrogen-bond donors (Lipinski definition) is 1. The van der Waals surface area contributed by atoms with E-state index in [4.69, 9.17) is 0 Å². The fourth-order valence-electron chi connectivity index (χ4n) is 3.15. The summed E-state index contributed by atoms with van der Waals surface area (Å²) < 4.78 is 13.5. The Morgan fingerprint density at radius 2 is 2.10 bits per heavy atom. The topological polar surface area (TPSA) is 24.4 Å². The maximum Gasteiger partial charge on any atom is 0.157 e. The van der Waals surface area contributed by atoms with Crippen LogP contribution in [0.25, 0.3) is 0 Å². The highest BCUT2D eigenvalue weighted by molar-refractivity contribution is 8.14. The molecule has 2 fully saturated rings. The molecular formula is C17H23FN2S. The number of halogens is 1. The largest absolute Gasteiger partial charge is 0.359 e. The first kappa shape index (κ1) is 14.9. The van der Waals surface area contributed by atoms with Crippen molar-refractivity contribution in [3.63, 3.8) is 0 Å². The summed E-state index contributed by atoms with van der Waals surface area (Å²) in [4.78, 5) is 4.63. The quantitative estimate of drug-likeness (QED) is 0.912. The minimum atomic E-state index is -0.123. The zero-order valence-corrected chi connectivity index (χ0v) is 13.4. The van der Waals surface area contributed by atoms with Crippen LogP contribution in [0.15, 0.2) is 29.3 Å². The molecule has 1 spiro atoms. The Labute approximate surface area is 130 Å². The summed E-state index contributed by atoms with van der Waals surface area (Å²) in [6, 6.07) is 6.97. The van der Waals surface area contributed by atoms with Crippen molar-refractivity contribution >= 4 is 16.9 Å². The van der Waals surface area contributed by atoms with E-state index in [1.807, 2.05) is 23.9 Å². The van der Waals surface area contributed by atoms with Crippen LogP contribution in [0.3, 0.4) is 0 Å². The summed E-state index contributed by atoms with van der Waals surface area (Å²) in [6.45, 7) is 3.00. The van der Waals surface area contributed by atoms with E-state index in [2.05, 4.69) is 17.2 Å². The van der Waals surface area contributed by atoms with E-state index < -0.39 is 0 Å².